The Bertz CT molecular complexity index is 1210. The zero-order valence-corrected chi connectivity index (χ0v) is 19.0. The van der Waals surface area contributed by atoms with Crippen molar-refractivity contribution in [3.8, 4) is 5.75 Å². The van der Waals surface area contributed by atoms with Crippen molar-refractivity contribution in [1.82, 2.24) is 15.4 Å². The molecule has 0 aliphatic heterocycles. The molecule has 0 bridgehead atoms. The highest BCUT2D eigenvalue weighted by Gasteiger charge is 2.07. The van der Waals surface area contributed by atoms with Gasteiger partial charge in [0.1, 0.15) is 12.4 Å². The molecule has 0 unspecified atom stereocenters. The number of carbonyl (C=O) groups is 1. The van der Waals surface area contributed by atoms with Crippen LogP contribution in [0, 0.1) is 0 Å². The molecule has 9 heteroatoms. The molecule has 0 radical (unpaired) electrons. The highest BCUT2D eigenvalue weighted by atomic mass is 35.5. The van der Waals surface area contributed by atoms with Crippen LogP contribution in [0.2, 0.25) is 10.0 Å². The van der Waals surface area contributed by atoms with Crippen LogP contribution in [0.3, 0.4) is 0 Å². The van der Waals surface area contributed by atoms with Crippen molar-refractivity contribution >= 4 is 58.1 Å². The Morgan fingerprint density at radius 2 is 1.81 bits per heavy atom. The van der Waals surface area contributed by atoms with E-state index >= 15 is 0 Å². The van der Waals surface area contributed by atoms with Crippen molar-refractivity contribution < 1.29 is 9.53 Å². The molecule has 0 aliphatic carbocycles. The highest BCUT2D eigenvalue weighted by molar-refractivity contribution is 7.99. The number of hydrazone groups is 1. The molecule has 0 saturated carbocycles. The second kappa shape index (κ2) is 10.5. The average molecular weight is 485 g/mol. The fraction of sp³-hybridized carbons (Fsp3) is 0.0870. The molecule has 0 atom stereocenters. The number of rotatable bonds is 8. The van der Waals surface area contributed by atoms with Gasteiger partial charge in [-0.3, -0.25) is 4.79 Å². The van der Waals surface area contributed by atoms with Crippen LogP contribution in [-0.4, -0.2) is 27.8 Å². The van der Waals surface area contributed by atoms with Gasteiger partial charge >= 0.3 is 0 Å². The minimum Gasteiger partial charge on any atom is -0.489 e. The van der Waals surface area contributed by atoms with Crippen molar-refractivity contribution in [3.63, 3.8) is 0 Å². The molecular formula is C23H18Cl2N4O2S. The number of amides is 1. The number of thioether (sulfide) groups is 1. The van der Waals surface area contributed by atoms with Gasteiger partial charge in [0, 0.05) is 15.6 Å². The Labute approximate surface area is 199 Å². The predicted molar refractivity (Wildman–Crippen MR) is 130 cm³/mol. The summed E-state index contributed by atoms with van der Waals surface area (Å²) in [7, 11) is 0. The Balaban J connectivity index is 1.24. The maximum atomic E-state index is 12.0. The van der Waals surface area contributed by atoms with Crippen LogP contribution in [-0.2, 0) is 11.4 Å². The average Bonchev–Trinajstić information content (AvgIpc) is 3.21. The van der Waals surface area contributed by atoms with E-state index in [1.165, 1.54) is 11.8 Å². The smallest absolute Gasteiger partial charge is 0.250 e. The topological polar surface area (TPSA) is 79.4 Å². The monoisotopic (exact) mass is 484 g/mol. The first-order valence-electron chi connectivity index (χ1n) is 9.64. The zero-order valence-electron chi connectivity index (χ0n) is 16.7. The van der Waals surface area contributed by atoms with E-state index in [9.17, 15) is 4.79 Å². The number of nitrogens with one attached hydrogen (secondary N) is 2. The quantitative estimate of drug-likeness (QED) is 0.191. The van der Waals surface area contributed by atoms with Gasteiger partial charge in [-0.15, -0.1) is 0 Å². The molecule has 0 spiro atoms. The summed E-state index contributed by atoms with van der Waals surface area (Å²) in [6.45, 7) is 0.269. The molecular weight excluding hydrogens is 467 g/mol. The van der Waals surface area contributed by atoms with Gasteiger partial charge in [0.25, 0.3) is 5.91 Å². The van der Waals surface area contributed by atoms with E-state index in [4.69, 9.17) is 27.9 Å². The van der Waals surface area contributed by atoms with Crippen LogP contribution in [0.1, 0.15) is 11.1 Å². The third-order valence-corrected chi connectivity index (χ3v) is 6.02. The molecule has 0 aliphatic rings. The third-order valence-electron chi connectivity index (χ3n) is 4.44. The minimum atomic E-state index is -0.219. The lowest BCUT2D eigenvalue weighted by Gasteiger charge is -2.09. The molecule has 3 aromatic carbocycles. The molecule has 1 amide bonds. The number of benzene rings is 3. The summed E-state index contributed by atoms with van der Waals surface area (Å²) in [5.74, 6) is 0.654. The zero-order chi connectivity index (χ0) is 22.3. The predicted octanol–water partition coefficient (Wildman–Crippen LogP) is 5.69. The first kappa shape index (κ1) is 22.2. The van der Waals surface area contributed by atoms with Crippen molar-refractivity contribution in [2.75, 3.05) is 5.75 Å². The number of hydrogen-bond donors (Lipinski definition) is 2. The van der Waals surface area contributed by atoms with Crippen molar-refractivity contribution in [3.05, 3.63) is 87.9 Å². The summed E-state index contributed by atoms with van der Waals surface area (Å²) in [6.07, 6.45) is 1.57. The molecule has 1 aromatic heterocycles. The van der Waals surface area contributed by atoms with Gasteiger partial charge in [0.05, 0.1) is 23.0 Å². The first-order valence-corrected chi connectivity index (χ1v) is 11.4. The number of ether oxygens (including phenoxy) is 1. The van der Waals surface area contributed by atoms with E-state index in [-0.39, 0.29) is 18.3 Å². The largest absolute Gasteiger partial charge is 0.489 e. The Morgan fingerprint density at radius 1 is 1.06 bits per heavy atom. The number of nitrogens with zero attached hydrogens (tertiary/aromatic N) is 2. The number of halogens is 2. The Hall–Kier alpha value is -3.00. The summed E-state index contributed by atoms with van der Waals surface area (Å²) in [5.41, 5.74) is 5.89. The lowest BCUT2D eigenvalue weighted by Crippen LogP contribution is -2.19. The van der Waals surface area contributed by atoms with E-state index in [0.29, 0.717) is 21.0 Å². The van der Waals surface area contributed by atoms with Crippen molar-refractivity contribution in [2.24, 2.45) is 5.10 Å². The second-order valence-electron chi connectivity index (χ2n) is 6.70. The molecule has 1 heterocycles. The standard InChI is InChI=1S/C23H18Cl2N4O2S/c24-18-4-3-5-19(25)17(18)13-31-16-10-8-15(9-11-16)12-26-29-22(30)14-32-23-27-20-6-1-2-7-21(20)28-23/h1-12H,13-14H2,(H,27,28)(H,29,30)/b26-12+. The van der Waals surface area contributed by atoms with E-state index in [1.54, 1.807) is 24.4 Å². The SMILES string of the molecule is O=C(CSc1nc2ccccc2[nH]1)N/N=C/c1ccc(OCc2c(Cl)cccc2Cl)cc1. The first-order chi connectivity index (χ1) is 15.6. The van der Waals surface area contributed by atoms with E-state index in [1.807, 2.05) is 48.5 Å². The maximum Gasteiger partial charge on any atom is 0.250 e. The molecule has 0 fully saturated rings. The summed E-state index contributed by atoms with van der Waals surface area (Å²) < 4.78 is 5.75. The normalized spacial score (nSPS) is 11.2. The maximum absolute atomic E-state index is 12.0. The molecule has 32 heavy (non-hydrogen) atoms. The number of imidazole rings is 1. The number of hydrogen-bond acceptors (Lipinski definition) is 5. The van der Waals surface area contributed by atoms with Gasteiger partial charge in [0.15, 0.2) is 5.16 Å². The summed E-state index contributed by atoms with van der Waals surface area (Å²) in [5, 5.41) is 5.82. The molecule has 4 rings (SSSR count). The Kier molecular flexibility index (Phi) is 7.32. The molecule has 0 saturated heterocycles. The van der Waals surface area contributed by atoms with Crippen molar-refractivity contribution in [2.45, 2.75) is 11.8 Å². The van der Waals surface area contributed by atoms with E-state index < -0.39 is 0 Å². The number of aromatic nitrogens is 2. The van der Waals surface area contributed by atoms with Gasteiger partial charge in [-0.2, -0.15) is 5.10 Å². The van der Waals surface area contributed by atoms with Gasteiger partial charge in [-0.25, -0.2) is 10.4 Å². The van der Waals surface area contributed by atoms with E-state index in [2.05, 4.69) is 20.5 Å². The van der Waals surface area contributed by atoms with Crippen LogP contribution >= 0.6 is 35.0 Å². The van der Waals surface area contributed by atoms with Gasteiger partial charge in [0.2, 0.25) is 0 Å². The van der Waals surface area contributed by atoms with Crippen LogP contribution in [0.5, 0.6) is 5.75 Å². The molecule has 2 N–H and O–H groups in total. The van der Waals surface area contributed by atoms with Gasteiger partial charge < -0.3 is 9.72 Å². The number of aromatic amines is 1. The minimum absolute atomic E-state index is 0.203. The summed E-state index contributed by atoms with van der Waals surface area (Å²) in [6, 6.07) is 20.3. The Morgan fingerprint density at radius 3 is 2.56 bits per heavy atom. The van der Waals surface area contributed by atoms with Crippen LogP contribution in [0.15, 0.2) is 77.0 Å². The number of para-hydroxylation sites is 2. The van der Waals surface area contributed by atoms with E-state index in [0.717, 1.165) is 22.2 Å². The molecule has 6 nitrogen and oxygen atoms in total. The van der Waals surface area contributed by atoms with Crippen LogP contribution < -0.4 is 10.2 Å². The number of fused-ring (bicyclic) bond motifs is 1. The summed E-state index contributed by atoms with van der Waals surface area (Å²) >= 11 is 13.6. The molecule has 162 valence electrons. The van der Waals surface area contributed by atoms with Crippen LogP contribution in [0.4, 0.5) is 0 Å². The van der Waals surface area contributed by atoms with Crippen LogP contribution in [0.25, 0.3) is 11.0 Å². The third kappa shape index (κ3) is 5.82. The molecule has 4 aromatic rings. The van der Waals surface area contributed by atoms with Gasteiger partial charge in [-0.1, -0.05) is 53.2 Å². The fourth-order valence-electron chi connectivity index (χ4n) is 2.82. The fourth-order valence-corrected chi connectivity index (χ4v) is 4.00. The number of H-pyrrole nitrogens is 1. The lowest BCUT2D eigenvalue weighted by atomic mass is 10.2. The van der Waals surface area contributed by atoms with Gasteiger partial charge in [-0.05, 0) is 54.1 Å². The lowest BCUT2D eigenvalue weighted by molar-refractivity contribution is -0.118. The summed E-state index contributed by atoms with van der Waals surface area (Å²) in [4.78, 5) is 19.6. The number of carbonyl (C=O) groups excluding carboxylic acids is 1. The highest BCUT2D eigenvalue weighted by Crippen LogP contribution is 2.26. The second-order valence-corrected chi connectivity index (χ2v) is 8.48. The van der Waals surface area contributed by atoms with Crippen molar-refractivity contribution in [1.29, 1.82) is 0 Å².